The molecule has 2 aliphatic heterocycles. The van der Waals surface area contributed by atoms with Crippen LogP contribution in [0.5, 0.6) is 0 Å². The number of likely N-dealkylation sites (tertiary alicyclic amines) is 1. The van der Waals surface area contributed by atoms with E-state index in [1.807, 2.05) is 0 Å². The molecule has 0 aromatic carbocycles. The van der Waals surface area contributed by atoms with Gasteiger partial charge in [-0.15, -0.1) is 0 Å². The Morgan fingerprint density at radius 2 is 1.80 bits per heavy atom. The number of hydrogen-bond acceptors (Lipinski definition) is 3. The van der Waals surface area contributed by atoms with Gasteiger partial charge in [-0.25, -0.2) is 4.39 Å². The Hall–Kier alpha value is -0.190. The molecule has 2 heterocycles. The standard InChI is InChI=1S/C16H32FN3/c1-12(2)9-16-14(10-19-7-5-18-6-8-19)15(17)11-20(16)13(3)4/h12-16,18H,5-11H2,1-4H3/t14-,15-,16+/m0/s1. The third-order valence-electron chi connectivity index (χ3n) is 4.82. The first-order valence-corrected chi connectivity index (χ1v) is 8.32. The minimum absolute atomic E-state index is 0.192. The van der Waals surface area contributed by atoms with Crippen LogP contribution in [-0.4, -0.2) is 67.3 Å². The number of nitrogens with one attached hydrogen (secondary N) is 1. The van der Waals surface area contributed by atoms with Gasteiger partial charge in [-0.3, -0.25) is 4.90 Å². The lowest BCUT2D eigenvalue weighted by atomic mass is 9.90. The van der Waals surface area contributed by atoms with Crippen molar-refractivity contribution in [2.45, 2.75) is 52.4 Å². The molecule has 118 valence electrons. The third kappa shape index (κ3) is 3.92. The minimum atomic E-state index is -0.656. The minimum Gasteiger partial charge on any atom is -0.314 e. The monoisotopic (exact) mass is 285 g/mol. The highest BCUT2D eigenvalue weighted by atomic mass is 19.1. The van der Waals surface area contributed by atoms with Crippen LogP contribution in [0.15, 0.2) is 0 Å². The normalized spacial score (nSPS) is 33.5. The second-order valence-electron chi connectivity index (χ2n) is 7.22. The first-order chi connectivity index (χ1) is 9.49. The highest BCUT2D eigenvalue weighted by molar-refractivity contribution is 4.96. The van der Waals surface area contributed by atoms with Crippen molar-refractivity contribution in [3.63, 3.8) is 0 Å². The van der Waals surface area contributed by atoms with Crippen molar-refractivity contribution < 1.29 is 4.39 Å². The lowest BCUT2D eigenvalue weighted by Gasteiger charge is -2.35. The second kappa shape index (κ2) is 7.19. The number of rotatable bonds is 5. The fraction of sp³-hybridized carbons (Fsp3) is 1.00. The van der Waals surface area contributed by atoms with E-state index in [1.54, 1.807) is 0 Å². The zero-order chi connectivity index (χ0) is 14.7. The molecule has 0 aromatic heterocycles. The van der Waals surface area contributed by atoms with Crippen LogP contribution in [0.1, 0.15) is 34.1 Å². The summed E-state index contributed by atoms with van der Waals surface area (Å²) in [5.41, 5.74) is 0. The molecule has 0 amide bonds. The van der Waals surface area contributed by atoms with Gasteiger partial charge in [0.25, 0.3) is 0 Å². The predicted molar refractivity (Wildman–Crippen MR) is 82.8 cm³/mol. The number of piperazine rings is 1. The Morgan fingerprint density at radius 1 is 1.15 bits per heavy atom. The van der Waals surface area contributed by atoms with Crippen molar-refractivity contribution in [3.05, 3.63) is 0 Å². The Balaban J connectivity index is 2.02. The van der Waals surface area contributed by atoms with Crippen LogP contribution in [0, 0.1) is 11.8 Å². The number of nitrogens with zero attached hydrogens (tertiary/aromatic N) is 2. The molecule has 2 saturated heterocycles. The summed E-state index contributed by atoms with van der Waals surface area (Å²) in [4.78, 5) is 4.85. The molecule has 0 aromatic rings. The van der Waals surface area contributed by atoms with Crippen LogP contribution < -0.4 is 5.32 Å². The summed E-state index contributed by atoms with van der Waals surface area (Å²) in [6.45, 7) is 14.7. The summed E-state index contributed by atoms with van der Waals surface area (Å²) < 4.78 is 14.6. The van der Waals surface area contributed by atoms with Gasteiger partial charge in [-0.1, -0.05) is 13.8 Å². The van der Waals surface area contributed by atoms with Crippen molar-refractivity contribution >= 4 is 0 Å². The van der Waals surface area contributed by atoms with Crippen LogP contribution >= 0.6 is 0 Å². The van der Waals surface area contributed by atoms with Gasteiger partial charge >= 0.3 is 0 Å². The molecule has 0 aliphatic carbocycles. The highest BCUT2D eigenvalue weighted by Gasteiger charge is 2.43. The summed E-state index contributed by atoms with van der Waals surface area (Å²) in [6, 6.07) is 0.866. The largest absolute Gasteiger partial charge is 0.314 e. The lowest BCUT2D eigenvalue weighted by molar-refractivity contribution is 0.122. The summed E-state index contributed by atoms with van der Waals surface area (Å²) >= 11 is 0. The van der Waals surface area contributed by atoms with Gasteiger partial charge in [0, 0.05) is 57.3 Å². The second-order valence-corrected chi connectivity index (χ2v) is 7.22. The molecule has 3 nitrogen and oxygen atoms in total. The molecule has 0 radical (unpaired) electrons. The molecule has 2 fully saturated rings. The van der Waals surface area contributed by atoms with Crippen LogP contribution in [0.4, 0.5) is 4.39 Å². The van der Waals surface area contributed by atoms with Crippen LogP contribution in [0.3, 0.4) is 0 Å². The number of alkyl halides is 1. The summed E-state index contributed by atoms with van der Waals surface area (Å²) in [7, 11) is 0. The van der Waals surface area contributed by atoms with Gasteiger partial charge in [0.1, 0.15) is 6.17 Å². The summed E-state index contributed by atoms with van der Waals surface area (Å²) in [6.07, 6.45) is 0.464. The van der Waals surface area contributed by atoms with Gasteiger partial charge in [0.15, 0.2) is 0 Å². The molecule has 4 heteroatoms. The average molecular weight is 285 g/mol. The molecule has 0 spiro atoms. The number of hydrogen-bond donors (Lipinski definition) is 1. The maximum Gasteiger partial charge on any atom is 0.118 e. The molecule has 0 unspecified atom stereocenters. The molecule has 0 saturated carbocycles. The van der Waals surface area contributed by atoms with Crippen LogP contribution in [0.2, 0.25) is 0 Å². The van der Waals surface area contributed by atoms with Crippen molar-refractivity contribution in [2.24, 2.45) is 11.8 Å². The molecular weight excluding hydrogens is 253 g/mol. The van der Waals surface area contributed by atoms with Crippen molar-refractivity contribution in [1.82, 2.24) is 15.1 Å². The first-order valence-electron chi connectivity index (χ1n) is 8.32. The van der Waals surface area contributed by atoms with E-state index in [2.05, 4.69) is 42.8 Å². The molecule has 2 rings (SSSR count). The summed E-state index contributed by atoms with van der Waals surface area (Å²) in [5, 5.41) is 3.38. The van der Waals surface area contributed by atoms with E-state index in [1.165, 1.54) is 0 Å². The number of halogens is 1. The van der Waals surface area contributed by atoms with E-state index in [0.29, 0.717) is 24.5 Å². The van der Waals surface area contributed by atoms with E-state index in [-0.39, 0.29) is 5.92 Å². The van der Waals surface area contributed by atoms with E-state index >= 15 is 0 Å². The maximum absolute atomic E-state index is 14.6. The van der Waals surface area contributed by atoms with Gasteiger partial charge in [0.05, 0.1) is 0 Å². The summed E-state index contributed by atoms with van der Waals surface area (Å²) in [5.74, 6) is 0.829. The predicted octanol–water partition coefficient (Wildman–Crippen LogP) is 1.98. The fourth-order valence-corrected chi connectivity index (χ4v) is 3.77. The SMILES string of the molecule is CC(C)C[C@@H]1[C@@H](CN2CCNCC2)[C@@H](F)CN1C(C)C. The smallest absolute Gasteiger partial charge is 0.118 e. The molecular formula is C16H32FN3. The molecule has 2 aliphatic rings. The van der Waals surface area contributed by atoms with E-state index < -0.39 is 6.17 Å². The van der Waals surface area contributed by atoms with E-state index in [4.69, 9.17) is 0 Å². The Labute approximate surface area is 123 Å². The van der Waals surface area contributed by atoms with Gasteiger partial charge < -0.3 is 10.2 Å². The van der Waals surface area contributed by atoms with Crippen LogP contribution in [0.25, 0.3) is 0 Å². The van der Waals surface area contributed by atoms with Gasteiger partial charge in [-0.2, -0.15) is 0 Å². The van der Waals surface area contributed by atoms with E-state index in [0.717, 1.165) is 39.1 Å². The Morgan fingerprint density at radius 3 is 2.35 bits per heavy atom. The van der Waals surface area contributed by atoms with Crippen molar-refractivity contribution in [1.29, 1.82) is 0 Å². The van der Waals surface area contributed by atoms with Gasteiger partial charge in [0.2, 0.25) is 0 Å². The van der Waals surface area contributed by atoms with Crippen molar-refractivity contribution in [2.75, 3.05) is 39.3 Å². The Bertz CT molecular complexity index is 289. The van der Waals surface area contributed by atoms with E-state index in [9.17, 15) is 4.39 Å². The molecule has 0 bridgehead atoms. The first kappa shape index (κ1) is 16.2. The van der Waals surface area contributed by atoms with Crippen molar-refractivity contribution in [3.8, 4) is 0 Å². The molecule has 20 heavy (non-hydrogen) atoms. The third-order valence-corrected chi connectivity index (χ3v) is 4.82. The Kier molecular flexibility index (Phi) is 5.82. The fourth-order valence-electron chi connectivity index (χ4n) is 3.77. The lowest BCUT2D eigenvalue weighted by Crippen LogP contribution is -2.48. The molecule has 1 N–H and O–H groups in total. The van der Waals surface area contributed by atoms with Crippen LogP contribution in [-0.2, 0) is 0 Å². The van der Waals surface area contributed by atoms with Gasteiger partial charge in [-0.05, 0) is 26.2 Å². The zero-order valence-corrected chi connectivity index (χ0v) is 13.6. The maximum atomic E-state index is 14.6. The highest BCUT2D eigenvalue weighted by Crippen LogP contribution is 2.33. The molecule has 3 atom stereocenters. The average Bonchev–Trinajstić information content (AvgIpc) is 2.68. The quantitative estimate of drug-likeness (QED) is 0.833. The zero-order valence-electron chi connectivity index (χ0n) is 13.6. The topological polar surface area (TPSA) is 18.5 Å².